The van der Waals surface area contributed by atoms with Crippen molar-refractivity contribution in [3.8, 4) is 5.75 Å². The Morgan fingerprint density at radius 1 is 1.19 bits per heavy atom. The molecule has 0 unspecified atom stereocenters. The van der Waals surface area contributed by atoms with Crippen molar-refractivity contribution in [2.75, 3.05) is 0 Å². The number of rotatable bonds is 4. The molecule has 0 radical (unpaired) electrons. The Balaban J connectivity index is 0.00000210. The number of fused-ring (bicyclic) bond motifs is 1. The van der Waals surface area contributed by atoms with E-state index in [2.05, 4.69) is 35.9 Å². The number of hydrogen-bond acceptors (Lipinski definition) is 5. The third-order valence-corrected chi connectivity index (χ3v) is 5.43. The molecule has 1 aliphatic carbocycles. The van der Waals surface area contributed by atoms with Gasteiger partial charge < -0.3 is 4.74 Å². The van der Waals surface area contributed by atoms with Crippen LogP contribution in [0, 0.1) is 12.8 Å². The molecule has 4 rings (SSSR count). The molecule has 6 heteroatoms. The Bertz CT molecular complexity index is 915. The van der Waals surface area contributed by atoms with E-state index in [1.165, 1.54) is 0 Å². The standard InChI is InChI=1S/C20H21BrN4O.H2/c1-13-23-7-6-16(25-13)8-14-2-4-17(5-3-14)26-20-10-15(21)9-19-18(20)11-22-12-24-19;/h6-7,9-12,14,17H,2-5,8H2,1H3;1H. The van der Waals surface area contributed by atoms with Crippen LogP contribution in [0.5, 0.6) is 5.75 Å². The fourth-order valence-electron chi connectivity index (χ4n) is 3.66. The lowest BCUT2D eigenvalue weighted by Gasteiger charge is -2.29. The van der Waals surface area contributed by atoms with Crippen LogP contribution in [0.2, 0.25) is 0 Å². The normalized spacial score (nSPS) is 20.2. The van der Waals surface area contributed by atoms with Gasteiger partial charge in [-0.05, 0) is 63.1 Å². The summed E-state index contributed by atoms with van der Waals surface area (Å²) in [5, 5.41) is 0.967. The van der Waals surface area contributed by atoms with E-state index < -0.39 is 0 Å². The van der Waals surface area contributed by atoms with Crippen LogP contribution in [0.4, 0.5) is 0 Å². The molecule has 1 fully saturated rings. The second kappa shape index (κ2) is 7.66. The Morgan fingerprint density at radius 2 is 2.04 bits per heavy atom. The minimum Gasteiger partial charge on any atom is -0.490 e. The van der Waals surface area contributed by atoms with Gasteiger partial charge in [0.1, 0.15) is 17.9 Å². The first-order valence-electron chi connectivity index (χ1n) is 9.02. The number of aryl methyl sites for hydroxylation is 1. The quantitative estimate of drug-likeness (QED) is 0.606. The molecule has 26 heavy (non-hydrogen) atoms. The zero-order valence-electron chi connectivity index (χ0n) is 14.7. The van der Waals surface area contributed by atoms with Gasteiger partial charge in [0.05, 0.1) is 17.0 Å². The van der Waals surface area contributed by atoms with E-state index in [-0.39, 0.29) is 7.53 Å². The molecule has 2 aromatic heterocycles. The third kappa shape index (κ3) is 4.01. The zero-order valence-corrected chi connectivity index (χ0v) is 16.3. The number of benzene rings is 1. The number of halogens is 1. The number of hydrogen-bond donors (Lipinski definition) is 0. The number of aromatic nitrogens is 4. The second-order valence-electron chi connectivity index (χ2n) is 6.92. The smallest absolute Gasteiger partial charge is 0.131 e. The van der Waals surface area contributed by atoms with Crippen LogP contribution in [0.25, 0.3) is 10.9 Å². The average molecular weight is 415 g/mol. The second-order valence-corrected chi connectivity index (χ2v) is 7.84. The zero-order chi connectivity index (χ0) is 17.9. The highest BCUT2D eigenvalue weighted by atomic mass is 79.9. The highest BCUT2D eigenvalue weighted by molar-refractivity contribution is 9.10. The summed E-state index contributed by atoms with van der Waals surface area (Å²) in [6, 6.07) is 6.04. The maximum Gasteiger partial charge on any atom is 0.131 e. The average Bonchev–Trinajstić information content (AvgIpc) is 2.63. The molecule has 0 aliphatic heterocycles. The van der Waals surface area contributed by atoms with Crippen LogP contribution >= 0.6 is 15.9 Å². The van der Waals surface area contributed by atoms with Crippen LogP contribution < -0.4 is 4.74 Å². The summed E-state index contributed by atoms with van der Waals surface area (Å²) in [6.45, 7) is 1.94. The summed E-state index contributed by atoms with van der Waals surface area (Å²) >= 11 is 3.55. The highest BCUT2D eigenvalue weighted by Gasteiger charge is 2.23. The lowest BCUT2D eigenvalue weighted by molar-refractivity contribution is 0.132. The first-order chi connectivity index (χ1) is 12.7. The molecule has 2 heterocycles. The fourth-order valence-corrected chi connectivity index (χ4v) is 4.09. The van der Waals surface area contributed by atoms with Gasteiger partial charge in [0.2, 0.25) is 0 Å². The first-order valence-corrected chi connectivity index (χ1v) is 9.81. The van der Waals surface area contributed by atoms with Crippen molar-refractivity contribution >= 4 is 26.8 Å². The summed E-state index contributed by atoms with van der Waals surface area (Å²) in [5.41, 5.74) is 2.05. The first kappa shape index (κ1) is 17.3. The van der Waals surface area contributed by atoms with Crippen LogP contribution in [0.3, 0.4) is 0 Å². The van der Waals surface area contributed by atoms with Crippen LogP contribution in [-0.2, 0) is 6.42 Å². The summed E-state index contributed by atoms with van der Waals surface area (Å²) in [7, 11) is 0. The van der Waals surface area contributed by atoms with Gasteiger partial charge in [0.25, 0.3) is 0 Å². The van der Waals surface area contributed by atoms with Crippen molar-refractivity contribution in [3.05, 3.63) is 52.9 Å². The Morgan fingerprint density at radius 3 is 2.85 bits per heavy atom. The van der Waals surface area contributed by atoms with E-state index >= 15 is 0 Å². The van der Waals surface area contributed by atoms with E-state index in [0.29, 0.717) is 5.92 Å². The topological polar surface area (TPSA) is 60.8 Å². The lowest BCUT2D eigenvalue weighted by atomic mass is 9.84. The van der Waals surface area contributed by atoms with Crippen molar-refractivity contribution < 1.29 is 6.16 Å². The summed E-state index contributed by atoms with van der Waals surface area (Å²) in [4.78, 5) is 17.2. The molecule has 0 spiro atoms. The van der Waals surface area contributed by atoms with E-state index in [1.807, 2.05) is 37.5 Å². The van der Waals surface area contributed by atoms with Gasteiger partial charge in [0.15, 0.2) is 0 Å². The van der Waals surface area contributed by atoms with E-state index in [1.54, 1.807) is 6.33 Å². The molecule has 0 saturated heterocycles. The molecule has 0 bridgehead atoms. The Kier molecular flexibility index (Phi) is 5.11. The maximum absolute atomic E-state index is 6.33. The van der Waals surface area contributed by atoms with E-state index in [0.717, 1.165) is 64.7 Å². The van der Waals surface area contributed by atoms with Crippen LogP contribution in [-0.4, -0.2) is 26.0 Å². The van der Waals surface area contributed by atoms with Crippen molar-refractivity contribution in [2.24, 2.45) is 5.92 Å². The number of ether oxygens (including phenoxy) is 1. The molecule has 1 saturated carbocycles. The van der Waals surface area contributed by atoms with Gasteiger partial charge in [-0.25, -0.2) is 19.9 Å². The summed E-state index contributed by atoms with van der Waals surface area (Å²) in [5.74, 6) is 2.39. The molecule has 5 nitrogen and oxygen atoms in total. The van der Waals surface area contributed by atoms with Crippen LogP contribution in [0.1, 0.15) is 38.6 Å². The van der Waals surface area contributed by atoms with Crippen LogP contribution in [0.15, 0.2) is 41.4 Å². The third-order valence-electron chi connectivity index (χ3n) is 4.97. The molecule has 0 atom stereocenters. The minimum absolute atomic E-state index is 0. The molecule has 1 aromatic carbocycles. The van der Waals surface area contributed by atoms with Gasteiger partial charge >= 0.3 is 0 Å². The van der Waals surface area contributed by atoms with Gasteiger partial charge in [-0.1, -0.05) is 15.9 Å². The molecule has 3 aromatic rings. The Hall–Kier alpha value is -2.08. The molecular weight excluding hydrogens is 392 g/mol. The Labute approximate surface area is 162 Å². The predicted octanol–water partition coefficient (Wildman–Crippen LogP) is 4.92. The predicted molar refractivity (Wildman–Crippen MR) is 106 cm³/mol. The van der Waals surface area contributed by atoms with E-state index in [9.17, 15) is 0 Å². The molecule has 0 amide bonds. The number of nitrogens with zero attached hydrogens (tertiary/aromatic N) is 4. The molecule has 1 aliphatic rings. The molecule has 0 N–H and O–H groups in total. The highest BCUT2D eigenvalue weighted by Crippen LogP contribution is 2.33. The van der Waals surface area contributed by atoms with Crippen molar-refractivity contribution in [1.29, 1.82) is 0 Å². The van der Waals surface area contributed by atoms with Gasteiger partial charge in [0, 0.05) is 24.0 Å². The van der Waals surface area contributed by atoms with Gasteiger partial charge in [-0.3, -0.25) is 0 Å². The minimum atomic E-state index is 0. The monoisotopic (exact) mass is 414 g/mol. The summed E-state index contributed by atoms with van der Waals surface area (Å²) in [6.07, 6.45) is 11.0. The van der Waals surface area contributed by atoms with Crippen molar-refractivity contribution in [3.63, 3.8) is 0 Å². The summed E-state index contributed by atoms with van der Waals surface area (Å²) < 4.78 is 7.31. The largest absolute Gasteiger partial charge is 0.490 e. The fraction of sp³-hybridized carbons (Fsp3) is 0.400. The molecular formula is C20H23BrN4O. The van der Waals surface area contributed by atoms with Crippen molar-refractivity contribution in [2.45, 2.75) is 45.1 Å². The lowest BCUT2D eigenvalue weighted by Crippen LogP contribution is -2.25. The molecule has 136 valence electrons. The van der Waals surface area contributed by atoms with Gasteiger partial charge in [-0.15, -0.1) is 0 Å². The van der Waals surface area contributed by atoms with Gasteiger partial charge in [-0.2, -0.15) is 0 Å². The SMILES string of the molecule is Cc1nccc(CC2CCC(Oc3cc(Br)cc4ncncc34)CC2)n1.[HH]. The maximum atomic E-state index is 6.33. The van der Waals surface area contributed by atoms with Crippen molar-refractivity contribution in [1.82, 2.24) is 19.9 Å². The van der Waals surface area contributed by atoms with E-state index in [4.69, 9.17) is 4.74 Å².